The molecule has 2 N–H and O–H groups in total. The van der Waals surface area contributed by atoms with Crippen LogP contribution in [0.2, 0.25) is 0 Å². The second-order valence-electron chi connectivity index (χ2n) is 4.25. The molecule has 0 aromatic carbocycles. The molecule has 0 amide bonds. The monoisotopic (exact) mass is 260 g/mol. The fraction of sp³-hybridized carbons (Fsp3) is 0.455. The van der Waals surface area contributed by atoms with E-state index in [9.17, 15) is 18.0 Å². The SMILES string of the molecule is O=C(O)c1cccc(CNC2(C(F)(F)F)CC2)n1. The minimum Gasteiger partial charge on any atom is -0.477 e. The Morgan fingerprint density at radius 3 is 2.61 bits per heavy atom. The zero-order valence-corrected chi connectivity index (χ0v) is 9.29. The maximum absolute atomic E-state index is 12.6. The van der Waals surface area contributed by atoms with Gasteiger partial charge in [0.15, 0.2) is 0 Å². The fourth-order valence-corrected chi connectivity index (χ4v) is 1.64. The number of halogens is 3. The van der Waals surface area contributed by atoms with Gasteiger partial charge in [0.05, 0.1) is 5.69 Å². The van der Waals surface area contributed by atoms with E-state index in [1.165, 1.54) is 18.2 Å². The van der Waals surface area contributed by atoms with Crippen molar-refractivity contribution >= 4 is 5.97 Å². The molecule has 18 heavy (non-hydrogen) atoms. The number of hydrogen-bond acceptors (Lipinski definition) is 3. The van der Waals surface area contributed by atoms with Crippen molar-refractivity contribution in [2.24, 2.45) is 0 Å². The van der Waals surface area contributed by atoms with Crippen molar-refractivity contribution in [2.45, 2.75) is 31.1 Å². The number of hydrogen-bond donors (Lipinski definition) is 2. The Morgan fingerprint density at radius 1 is 1.44 bits per heavy atom. The molecule has 1 aliphatic carbocycles. The molecule has 1 aliphatic rings. The average molecular weight is 260 g/mol. The molecule has 0 unspecified atom stereocenters. The molecular weight excluding hydrogens is 249 g/mol. The molecule has 0 aliphatic heterocycles. The van der Waals surface area contributed by atoms with Gasteiger partial charge in [0, 0.05) is 6.54 Å². The Morgan fingerprint density at radius 2 is 2.11 bits per heavy atom. The molecule has 0 saturated heterocycles. The smallest absolute Gasteiger partial charge is 0.406 e. The van der Waals surface area contributed by atoms with Crippen LogP contribution < -0.4 is 5.32 Å². The number of nitrogens with zero attached hydrogens (tertiary/aromatic N) is 1. The molecule has 98 valence electrons. The summed E-state index contributed by atoms with van der Waals surface area (Å²) in [4.78, 5) is 14.4. The Labute approximate surface area is 101 Å². The highest BCUT2D eigenvalue weighted by atomic mass is 19.4. The zero-order chi connectivity index (χ0) is 13.4. The van der Waals surface area contributed by atoms with Gasteiger partial charge < -0.3 is 5.11 Å². The lowest BCUT2D eigenvalue weighted by molar-refractivity contribution is -0.166. The second kappa shape index (κ2) is 4.24. The van der Waals surface area contributed by atoms with E-state index >= 15 is 0 Å². The number of aromatic carboxylic acids is 1. The third-order valence-electron chi connectivity index (χ3n) is 2.93. The molecule has 1 aromatic heterocycles. The summed E-state index contributed by atoms with van der Waals surface area (Å²) in [6.07, 6.45) is -4.18. The summed E-state index contributed by atoms with van der Waals surface area (Å²) in [6, 6.07) is 4.25. The van der Waals surface area contributed by atoms with Crippen molar-refractivity contribution in [1.82, 2.24) is 10.3 Å². The van der Waals surface area contributed by atoms with Gasteiger partial charge in [-0.1, -0.05) is 6.07 Å². The van der Waals surface area contributed by atoms with Crippen LogP contribution in [0.4, 0.5) is 13.2 Å². The van der Waals surface area contributed by atoms with Crippen molar-refractivity contribution in [3.05, 3.63) is 29.6 Å². The maximum Gasteiger partial charge on any atom is 0.406 e. The highest BCUT2D eigenvalue weighted by Crippen LogP contribution is 2.48. The summed E-state index contributed by atoms with van der Waals surface area (Å²) in [5.41, 5.74) is -1.70. The summed E-state index contributed by atoms with van der Waals surface area (Å²) in [7, 11) is 0. The molecule has 0 radical (unpaired) electrons. The van der Waals surface area contributed by atoms with Crippen LogP contribution in [0.25, 0.3) is 0 Å². The van der Waals surface area contributed by atoms with Gasteiger partial charge in [-0.3, -0.25) is 5.32 Å². The Balaban J connectivity index is 2.03. The summed E-state index contributed by atoms with van der Waals surface area (Å²) in [6.45, 7) is -0.0966. The Kier molecular flexibility index (Phi) is 3.02. The second-order valence-corrected chi connectivity index (χ2v) is 4.25. The first-order chi connectivity index (χ1) is 8.34. The fourth-order valence-electron chi connectivity index (χ4n) is 1.64. The topological polar surface area (TPSA) is 62.2 Å². The van der Waals surface area contributed by atoms with Crippen molar-refractivity contribution in [3.63, 3.8) is 0 Å². The first kappa shape index (κ1) is 12.8. The molecule has 4 nitrogen and oxygen atoms in total. The average Bonchev–Trinajstić information content (AvgIpc) is 3.07. The normalized spacial score (nSPS) is 17.5. The van der Waals surface area contributed by atoms with Gasteiger partial charge in [-0.15, -0.1) is 0 Å². The number of pyridine rings is 1. The third-order valence-corrected chi connectivity index (χ3v) is 2.93. The van der Waals surface area contributed by atoms with Gasteiger partial charge in [-0.2, -0.15) is 13.2 Å². The van der Waals surface area contributed by atoms with E-state index in [1.807, 2.05) is 0 Å². The highest BCUT2D eigenvalue weighted by Gasteiger charge is 2.62. The van der Waals surface area contributed by atoms with Crippen LogP contribution in [0.5, 0.6) is 0 Å². The molecule has 1 heterocycles. The lowest BCUT2D eigenvalue weighted by Crippen LogP contribution is -2.44. The van der Waals surface area contributed by atoms with Crippen LogP contribution in [0.1, 0.15) is 29.0 Å². The van der Waals surface area contributed by atoms with Crippen LogP contribution >= 0.6 is 0 Å². The predicted molar refractivity (Wildman–Crippen MR) is 56.1 cm³/mol. The molecule has 7 heteroatoms. The highest BCUT2D eigenvalue weighted by molar-refractivity contribution is 5.85. The van der Waals surface area contributed by atoms with Crippen LogP contribution in [0.15, 0.2) is 18.2 Å². The van der Waals surface area contributed by atoms with E-state index in [4.69, 9.17) is 5.11 Å². The number of aromatic nitrogens is 1. The van der Waals surface area contributed by atoms with Crippen molar-refractivity contribution in [1.29, 1.82) is 0 Å². The summed E-state index contributed by atoms with van der Waals surface area (Å²) >= 11 is 0. The lowest BCUT2D eigenvalue weighted by Gasteiger charge is -2.20. The van der Waals surface area contributed by atoms with Crippen molar-refractivity contribution in [2.75, 3.05) is 0 Å². The van der Waals surface area contributed by atoms with Gasteiger partial charge in [-0.25, -0.2) is 9.78 Å². The Hall–Kier alpha value is -1.63. The summed E-state index contributed by atoms with van der Waals surface area (Å²) in [5.74, 6) is -1.20. The lowest BCUT2D eigenvalue weighted by atomic mass is 10.2. The first-order valence-corrected chi connectivity index (χ1v) is 5.35. The van der Waals surface area contributed by atoms with Gasteiger partial charge in [0.1, 0.15) is 11.2 Å². The molecule has 2 rings (SSSR count). The number of rotatable bonds is 4. The largest absolute Gasteiger partial charge is 0.477 e. The number of carboxylic acid groups (broad SMARTS) is 1. The van der Waals surface area contributed by atoms with E-state index in [0.29, 0.717) is 0 Å². The number of nitrogens with one attached hydrogen (secondary N) is 1. The first-order valence-electron chi connectivity index (χ1n) is 5.35. The summed E-state index contributed by atoms with van der Waals surface area (Å²) < 4.78 is 37.9. The van der Waals surface area contributed by atoms with E-state index in [1.54, 1.807) is 0 Å². The van der Waals surface area contributed by atoms with E-state index in [2.05, 4.69) is 10.3 Å². The van der Waals surface area contributed by atoms with E-state index in [-0.39, 0.29) is 30.8 Å². The van der Waals surface area contributed by atoms with E-state index in [0.717, 1.165) is 0 Å². The quantitative estimate of drug-likeness (QED) is 0.868. The van der Waals surface area contributed by atoms with Crippen LogP contribution in [0, 0.1) is 0 Å². The zero-order valence-electron chi connectivity index (χ0n) is 9.29. The van der Waals surface area contributed by atoms with Crippen molar-refractivity contribution < 1.29 is 23.1 Å². The Bertz CT molecular complexity index is 470. The number of carbonyl (C=O) groups is 1. The van der Waals surface area contributed by atoms with Crippen LogP contribution in [0.3, 0.4) is 0 Å². The maximum atomic E-state index is 12.6. The molecule has 0 bridgehead atoms. The van der Waals surface area contributed by atoms with Gasteiger partial charge in [0.25, 0.3) is 0 Å². The molecule has 1 fully saturated rings. The van der Waals surface area contributed by atoms with Gasteiger partial charge >= 0.3 is 12.1 Å². The number of carboxylic acids is 1. The van der Waals surface area contributed by atoms with E-state index < -0.39 is 17.7 Å². The molecular formula is C11H11F3N2O2. The molecule has 0 atom stereocenters. The molecule has 1 saturated carbocycles. The minimum absolute atomic E-state index is 0.0507. The van der Waals surface area contributed by atoms with Crippen molar-refractivity contribution in [3.8, 4) is 0 Å². The summed E-state index contributed by atoms with van der Waals surface area (Å²) in [5, 5.41) is 11.1. The molecule has 0 spiro atoms. The van der Waals surface area contributed by atoms with Gasteiger partial charge in [-0.05, 0) is 25.0 Å². The van der Waals surface area contributed by atoms with Crippen LogP contribution in [-0.2, 0) is 6.54 Å². The predicted octanol–water partition coefficient (Wildman–Crippen LogP) is 1.96. The minimum atomic E-state index is -4.28. The third kappa shape index (κ3) is 2.45. The standard InChI is InChI=1S/C11H11F3N2O2/c12-11(13,14)10(4-5-10)15-6-7-2-1-3-8(16-7)9(17)18/h1-3,15H,4-6H2,(H,17,18). The molecule has 1 aromatic rings. The van der Waals surface area contributed by atoms with Gasteiger partial charge in [0.2, 0.25) is 0 Å². The number of alkyl halides is 3. The van der Waals surface area contributed by atoms with Crippen LogP contribution in [-0.4, -0.2) is 27.8 Å².